The van der Waals surface area contributed by atoms with Crippen molar-refractivity contribution in [1.29, 1.82) is 0 Å². The van der Waals surface area contributed by atoms with E-state index in [0.717, 1.165) is 10.6 Å². The fourth-order valence-corrected chi connectivity index (χ4v) is 1.27. The Morgan fingerprint density at radius 3 is 2.50 bits per heavy atom. The van der Waals surface area contributed by atoms with Crippen LogP contribution in [-0.2, 0) is 0 Å². The molecule has 0 fully saturated rings. The molecule has 1 heteroatoms. The van der Waals surface area contributed by atoms with Crippen molar-refractivity contribution in [1.82, 2.24) is 0 Å². The number of halogens is 1. The second-order valence-electron chi connectivity index (χ2n) is 3.42. The van der Waals surface area contributed by atoms with Gasteiger partial charge in [-0.2, -0.15) is 0 Å². The predicted octanol–water partition coefficient (Wildman–Crippen LogP) is 3.86. The van der Waals surface area contributed by atoms with Crippen LogP contribution in [0.1, 0.15) is 25.0 Å². The average molecular weight is 182 g/mol. The number of hydrogen-bond donors (Lipinski definition) is 0. The molecule has 0 atom stereocenters. The molecule has 12 heavy (non-hydrogen) atoms. The molecule has 1 rings (SSSR count). The van der Waals surface area contributed by atoms with Gasteiger partial charge >= 0.3 is 0 Å². The SMILES string of the molecule is Cc1cc([CH]C(C)C)ccc1Cl. The number of benzene rings is 1. The van der Waals surface area contributed by atoms with Crippen molar-refractivity contribution in [2.24, 2.45) is 5.92 Å². The van der Waals surface area contributed by atoms with E-state index >= 15 is 0 Å². The van der Waals surface area contributed by atoms with Gasteiger partial charge in [0.05, 0.1) is 0 Å². The normalized spacial score (nSPS) is 10.8. The van der Waals surface area contributed by atoms with Gasteiger partial charge in [0.1, 0.15) is 0 Å². The highest BCUT2D eigenvalue weighted by Crippen LogP contribution is 2.19. The van der Waals surface area contributed by atoms with E-state index in [4.69, 9.17) is 11.6 Å². The Balaban J connectivity index is 2.82. The molecule has 0 N–H and O–H groups in total. The Morgan fingerprint density at radius 1 is 1.33 bits per heavy atom. The minimum absolute atomic E-state index is 0.588. The predicted molar refractivity (Wildman–Crippen MR) is 54.4 cm³/mol. The number of rotatable bonds is 2. The summed E-state index contributed by atoms with van der Waals surface area (Å²) in [4.78, 5) is 0. The molecule has 0 aliphatic heterocycles. The fraction of sp³-hybridized carbons (Fsp3) is 0.364. The van der Waals surface area contributed by atoms with E-state index in [-0.39, 0.29) is 0 Å². The van der Waals surface area contributed by atoms with Crippen molar-refractivity contribution in [3.8, 4) is 0 Å². The van der Waals surface area contributed by atoms with E-state index in [1.54, 1.807) is 0 Å². The summed E-state index contributed by atoms with van der Waals surface area (Å²) < 4.78 is 0. The van der Waals surface area contributed by atoms with Crippen LogP contribution in [-0.4, -0.2) is 0 Å². The maximum Gasteiger partial charge on any atom is 0.0435 e. The van der Waals surface area contributed by atoms with Crippen LogP contribution in [0.2, 0.25) is 5.02 Å². The van der Waals surface area contributed by atoms with E-state index in [0.29, 0.717) is 5.92 Å². The fourth-order valence-electron chi connectivity index (χ4n) is 1.16. The maximum absolute atomic E-state index is 5.90. The summed E-state index contributed by atoms with van der Waals surface area (Å²) in [6.45, 7) is 6.37. The van der Waals surface area contributed by atoms with E-state index < -0.39 is 0 Å². The van der Waals surface area contributed by atoms with E-state index in [9.17, 15) is 0 Å². The van der Waals surface area contributed by atoms with Gasteiger partial charge in [-0.1, -0.05) is 37.6 Å². The Morgan fingerprint density at radius 2 is 2.00 bits per heavy atom. The Labute approximate surface area is 79.6 Å². The molecule has 0 saturated carbocycles. The van der Waals surface area contributed by atoms with Crippen molar-refractivity contribution in [3.05, 3.63) is 40.8 Å². The second kappa shape index (κ2) is 3.95. The zero-order chi connectivity index (χ0) is 9.14. The third kappa shape index (κ3) is 2.53. The van der Waals surface area contributed by atoms with Crippen molar-refractivity contribution in [2.45, 2.75) is 20.8 Å². The maximum atomic E-state index is 5.90. The molecule has 0 amide bonds. The molecule has 1 aromatic rings. The third-order valence-corrected chi connectivity index (χ3v) is 2.13. The van der Waals surface area contributed by atoms with E-state index in [1.807, 2.05) is 13.0 Å². The average Bonchev–Trinajstić information content (AvgIpc) is 1.96. The largest absolute Gasteiger partial charge is 0.0841 e. The molecule has 1 aromatic carbocycles. The standard InChI is InChI=1S/C11H14Cl/c1-8(2)6-10-4-5-11(12)9(3)7-10/h4-8H,1-3H3. The van der Waals surface area contributed by atoms with Crippen LogP contribution in [0.4, 0.5) is 0 Å². The topological polar surface area (TPSA) is 0 Å². The van der Waals surface area contributed by atoms with Gasteiger partial charge in [-0.25, -0.2) is 0 Å². The highest BCUT2D eigenvalue weighted by Gasteiger charge is 2.00. The number of aryl methyl sites for hydroxylation is 1. The lowest BCUT2D eigenvalue weighted by Crippen LogP contribution is -1.91. The smallest absolute Gasteiger partial charge is 0.0435 e. The van der Waals surface area contributed by atoms with Gasteiger partial charge in [-0.3, -0.25) is 0 Å². The molecule has 0 aliphatic carbocycles. The van der Waals surface area contributed by atoms with Gasteiger partial charge in [0.2, 0.25) is 0 Å². The summed E-state index contributed by atoms with van der Waals surface area (Å²) in [5, 5.41) is 0.843. The lowest BCUT2D eigenvalue weighted by Gasteiger charge is -2.05. The molecule has 0 heterocycles. The summed E-state index contributed by atoms with van der Waals surface area (Å²) in [6.07, 6.45) is 2.23. The number of hydrogen-bond acceptors (Lipinski definition) is 0. The van der Waals surface area contributed by atoms with Crippen molar-refractivity contribution < 1.29 is 0 Å². The highest BCUT2D eigenvalue weighted by atomic mass is 35.5. The van der Waals surface area contributed by atoms with Crippen molar-refractivity contribution in [2.75, 3.05) is 0 Å². The van der Waals surface area contributed by atoms with Gasteiger partial charge < -0.3 is 0 Å². The van der Waals surface area contributed by atoms with Gasteiger partial charge in [0.15, 0.2) is 0 Å². The molecule has 0 saturated heterocycles. The van der Waals surface area contributed by atoms with Gasteiger partial charge in [0, 0.05) is 5.02 Å². The lowest BCUT2D eigenvalue weighted by molar-refractivity contribution is 0.776. The first-order valence-corrected chi connectivity index (χ1v) is 4.58. The van der Waals surface area contributed by atoms with E-state index in [1.165, 1.54) is 5.56 Å². The van der Waals surface area contributed by atoms with Crippen LogP contribution in [0.5, 0.6) is 0 Å². The molecule has 0 nitrogen and oxygen atoms in total. The highest BCUT2D eigenvalue weighted by molar-refractivity contribution is 6.31. The molecular formula is C11H14Cl. The molecule has 65 valence electrons. The van der Waals surface area contributed by atoms with E-state index in [2.05, 4.69) is 32.4 Å². The first-order chi connectivity index (χ1) is 5.59. The molecule has 0 spiro atoms. The minimum Gasteiger partial charge on any atom is -0.0841 e. The van der Waals surface area contributed by atoms with Gasteiger partial charge in [-0.15, -0.1) is 0 Å². The first kappa shape index (κ1) is 9.60. The Kier molecular flexibility index (Phi) is 3.16. The van der Waals surface area contributed by atoms with Crippen LogP contribution >= 0.6 is 11.6 Å². The summed E-state index contributed by atoms with van der Waals surface area (Å²) in [7, 11) is 0. The monoisotopic (exact) mass is 181 g/mol. The quantitative estimate of drug-likeness (QED) is 0.650. The second-order valence-corrected chi connectivity index (χ2v) is 3.83. The van der Waals surface area contributed by atoms with Crippen LogP contribution in [0, 0.1) is 19.3 Å². The molecule has 0 aromatic heterocycles. The minimum atomic E-state index is 0.588. The first-order valence-electron chi connectivity index (χ1n) is 4.20. The lowest BCUT2D eigenvalue weighted by atomic mass is 10.0. The zero-order valence-electron chi connectivity index (χ0n) is 7.76. The molecule has 0 bridgehead atoms. The Bertz CT molecular complexity index is 264. The van der Waals surface area contributed by atoms with Crippen LogP contribution in [0.3, 0.4) is 0 Å². The van der Waals surface area contributed by atoms with Crippen LogP contribution < -0.4 is 0 Å². The van der Waals surface area contributed by atoms with Gasteiger partial charge in [0.25, 0.3) is 0 Å². The molecule has 0 aliphatic rings. The van der Waals surface area contributed by atoms with Gasteiger partial charge in [-0.05, 0) is 36.5 Å². The molecular weight excluding hydrogens is 168 g/mol. The zero-order valence-corrected chi connectivity index (χ0v) is 8.52. The van der Waals surface area contributed by atoms with Crippen molar-refractivity contribution >= 4 is 11.6 Å². The third-order valence-electron chi connectivity index (χ3n) is 1.71. The van der Waals surface area contributed by atoms with Crippen molar-refractivity contribution in [3.63, 3.8) is 0 Å². The van der Waals surface area contributed by atoms with Crippen LogP contribution in [0.15, 0.2) is 18.2 Å². The summed E-state index contributed by atoms with van der Waals surface area (Å²) >= 11 is 5.90. The summed E-state index contributed by atoms with van der Waals surface area (Å²) in [5.41, 5.74) is 2.40. The van der Waals surface area contributed by atoms with Crippen LogP contribution in [0.25, 0.3) is 0 Å². The Hall–Kier alpha value is -0.490. The molecule has 0 unspecified atom stereocenters. The summed E-state index contributed by atoms with van der Waals surface area (Å²) in [6, 6.07) is 6.11. The summed E-state index contributed by atoms with van der Waals surface area (Å²) in [5.74, 6) is 0.588. The molecule has 1 radical (unpaired) electrons.